The molecular formula is C13H16N2O8. The quantitative estimate of drug-likeness (QED) is 0.262. The first kappa shape index (κ1) is 18.1. The lowest BCUT2D eigenvalue weighted by Gasteiger charge is -2.07. The number of amides is 3. The zero-order valence-electron chi connectivity index (χ0n) is 12.5. The summed E-state index contributed by atoms with van der Waals surface area (Å²) in [7, 11) is 0. The minimum atomic E-state index is -0.970. The molecule has 0 aromatic rings. The van der Waals surface area contributed by atoms with Crippen LogP contribution in [0.25, 0.3) is 0 Å². The Kier molecular flexibility index (Phi) is 6.71. The number of esters is 3. The fraction of sp³-hybridized carbons (Fsp3) is 0.462. The molecule has 10 heteroatoms. The van der Waals surface area contributed by atoms with E-state index in [2.05, 4.69) is 19.5 Å². The third kappa shape index (κ3) is 6.59. The Bertz CT molecular complexity index is 540. The van der Waals surface area contributed by atoms with E-state index in [1.807, 2.05) is 5.32 Å². The molecule has 0 bridgehead atoms. The second-order valence-electron chi connectivity index (χ2n) is 4.68. The Morgan fingerprint density at radius 2 is 1.70 bits per heavy atom. The second-order valence-corrected chi connectivity index (χ2v) is 4.68. The van der Waals surface area contributed by atoms with Gasteiger partial charge in [0, 0.05) is 12.2 Å². The molecule has 1 fully saturated rings. The van der Waals surface area contributed by atoms with E-state index in [1.54, 1.807) is 13.8 Å². The zero-order chi connectivity index (χ0) is 17.4. The Hall–Kier alpha value is -2.91. The van der Waals surface area contributed by atoms with E-state index >= 15 is 0 Å². The molecule has 0 radical (unpaired) electrons. The third-order valence-corrected chi connectivity index (χ3v) is 2.48. The number of hydrogen-bond donors (Lipinski definition) is 2. The van der Waals surface area contributed by atoms with Crippen LogP contribution in [0.1, 0.15) is 13.8 Å². The Balaban J connectivity index is 2.24. The van der Waals surface area contributed by atoms with E-state index in [0.717, 1.165) is 12.2 Å². The smallest absolute Gasteiger partial charge is 0.333 e. The lowest BCUT2D eigenvalue weighted by Crippen LogP contribution is -2.34. The maximum atomic E-state index is 11.3. The van der Waals surface area contributed by atoms with Crippen LogP contribution >= 0.6 is 0 Å². The van der Waals surface area contributed by atoms with Crippen LogP contribution in [0, 0.1) is 5.92 Å². The topological polar surface area (TPSA) is 137 Å². The lowest BCUT2D eigenvalue weighted by atomic mass is 10.2. The van der Waals surface area contributed by atoms with E-state index < -0.39 is 42.7 Å². The van der Waals surface area contributed by atoms with Crippen LogP contribution in [0.4, 0.5) is 4.79 Å². The van der Waals surface area contributed by atoms with Gasteiger partial charge in [0.15, 0.2) is 0 Å². The average Bonchev–Trinajstić information content (AvgIpc) is 2.80. The highest BCUT2D eigenvalue weighted by molar-refractivity contribution is 6.04. The standard InChI is InChI=1S/C13H16N2O8/c1-7(2)12(19)23-6-22-10(17)4-3-9(16)21-5-8-11(18)15-13(20)14-8/h3-4,7-8H,5-6H2,1-2H3,(H2,14,15,18,20)/b4-3+. The first-order valence-corrected chi connectivity index (χ1v) is 6.59. The van der Waals surface area contributed by atoms with Gasteiger partial charge in [0.05, 0.1) is 5.92 Å². The molecule has 10 nitrogen and oxygen atoms in total. The van der Waals surface area contributed by atoms with Crippen LogP contribution < -0.4 is 10.6 Å². The van der Waals surface area contributed by atoms with E-state index in [4.69, 9.17) is 0 Å². The molecule has 23 heavy (non-hydrogen) atoms. The Morgan fingerprint density at radius 1 is 1.09 bits per heavy atom. The van der Waals surface area contributed by atoms with Crippen LogP contribution in [0.2, 0.25) is 0 Å². The van der Waals surface area contributed by atoms with Gasteiger partial charge < -0.3 is 19.5 Å². The molecule has 1 aliphatic rings. The van der Waals surface area contributed by atoms with Crippen LogP contribution in [0.5, 0.6) is 0 Å². The molecule has 1 rings (SSSR count). The van der Waals surface area contributed by atoms with Crippen molar-refractivity contribution in [2.24, 2.45) is 5.92 Å². The minimum absolute atomic E-state index is 0.354. The molecule has 1 atom stereocenters. The molecule has 0 aromatic heterocycles. The van der Waals surface area contributed by atoms with E-state index in [1.165, 1.54) is 0 Å². The van der Waals surface area contributed by atoms with Crippen LogP contribution in [-0.4, -0.2) is 49.3 Å². The predicted molar refractivity (Wildman–Crippen MR) is 72.5 cm³/mol. The van der Waals surface area contributed by atoms with Crippen molar-refractivity contribution in [3.05, 3.63) is 12.2 Å². The van der Waals surface area contributed by atoms with Crippen LogP contribution in [0.3, 0.4) is 0 Å². The molecule has 126 valence electrons. The zero-order valence-corrected chi connectivity index (χ0v) is 12.5. The highest BCUT2D eigenvalue weighted by Gasteiger charge is 2.30. The largest absolute Gasteiger partial charge is 0.460 e. The third-order valence-electron chi connectivity index (χ3n) is 2.48. The van der Waals surface area contributed by atoms with Crippen molar-refractivity contribution >= 4 is 29.8 Å². The Labute approximate surface area is 131 Å². The molecular weight excluding hydrogens is 312 g/mol. The van der Waals surface area contributed by atoms with Crippen molar-refractivity contribution in [2.45, 2.75) is 19.9 Å². The van der Waals surface area contributed by atoms with Gasteiger partial charge >= 0.3 is 23.9 Å². The molecule has 1 heterocycles. The summed E-state index contributed by atoms with van der Waals surface area (Å²) in [5, 5.41) is 4.20. The lowest BCUT2D eigenvalue weighted by molar-refractivity contribution is -0.166. The maximum Gasteiger partial charge on any atom is 0.333 e. The highest BCUT2D eigenvalue weighted by atomic mass is 16.7. The monoisotopic (exact) mass is 328 g/mol. The van der Waals surface area contributed by atoms with Gasteiger partial charge in [-0.2, -0.15) is 0 Å². The first-order valence-electron chi connectivity index (χ1n) is 6.59. The fourth-order valence-electron chi connectivity index (χ4n) is 1.29. The van der Waals surface area contributed by atoms with Gasteiger partial charge in [0.25, 0.3) is 5.91 Å². The fourth-order valence-corrected chi connectivity index (χ4v) is 1.29. The number of rotatable bonds is 7. The van der Waals surface area contributed by atoms with Crippen molar-refractivity contribution in [1.82, 2.24) is 10.6 Å². The summed E-state index contributed by atoms with van der Waals surface area (Å²) in [6.45, 7) is 2.30. The average molecular weight is 328 g/mol. The number of carbonyl (C=O) groups is 5. The normalized spacial score (nSPS) is 16.9. The number of urea groups is 1. The van der Waals surface area contributed by atoms with E-state index in [0.29, 0.717) is 0 Å². The molecule has 0 aromatic carbocycles. The molecule has 1 unspecified atom stereocenters. The summed E-state index contributed by atoms with van der Waals surface area (Å²) >= 11 is 0. The molecule has 2 N–H and O–H groups in total. The predicted octanol–water partition coefficient (Wildman–Crippen LogP) is -1.01. The van der Waals surface area contributed by atoms with Gasteiger partial charge in [-0.05, 0) is 0 Å². The van der Waals surface area contributed by atoms with Crippen molar-refractivity contribution in [1.29, 1.82) is 0 Å². The summed E-state index contributed by atoms with van der Waals surface area (Å²) < 4.78 is 13.8. The van der Waals surface area contributed by atoms with Gasteiger partial charge in [-0.1, -0.05) is 13.8 Å². The SMILES string of the molecule is CC(C)C(=O)OCOC(=O)/C=C/C(=O)OCC1NC(=O)NC1=O. The molecule has 1 saturated heterocycles. The van der Waals surface area contributed by atoms with Crippen LogP contribution in [0.15, 0.2) is 12.2 Å². The van der Waals surface area contributed by atoms with Gasteiger partial charge in [-0.15, -0.1) is 0 Å². The summed E-state index contributed by atoms with van der Waals surface area (Å²) in [5.74, 6) is -3.32. The molecule has 1 aliphatic heterocycles. The number of imide groups is 1. The first-order chi connectivity index (χ1) is 10.8. The number of ether oxygens (including phenoxy) is 3. The molecule has 0 aliphatic carbocycles. The van der Waals surface area contributed by atoms with Gasteiger partial charge in [-0.3, -0.25) is 14.9 Å². The second kappa shape index (κ2) is 8.51. The molecule has 0 saturated carbocycles. The summed E-state index contributed by atoms with van der Waals surface area (Å²) in [4.78, 5) is 55.6. The van der Waals surface area contributed by atoms with E-state index in [9.17, 15) is 24.0 Å². The number of nitrogens with one attached hydrogen (secondary N) is 2. The molecule has 3 amide bonds. The van der Waals surface area contributed by atoms with Crippen molar-refractivity contribution in [2.75, 3.05) is 13.4 Å². The van der Waals surface area contributed by atoms with Crippen molar-refractivity contribution in [3.8, 4) is 0 Å². The summed E-state index contributed by atoms with van der Waals surface area (Å²) in [6, 6.07) is -1.65. The van der Waals surface area contributed by atoms with Crippen molar-refractivity contribution < 1.29 is 38.2 Å². The van der Waals surface area contributed by atoms with E-state index in [-0.39, 0.29) is 12.5 Å². The van der Waals surface area contributed by atoms with Crippen molar-refractivity contribution in [3.63, 3.8) is 0 Å². The van der Waals surface area contributed by atoms with Crippen LogP contribution in [-0.2, 0) is 33.4 Å². The summed E-state index contributed by atoms with van der Waals surface area (Å²) in [5.41, 5.74) is 0. The number of carbonyl (C=O) groups excluding carboxylic acids is 5. The van der Waals surface area contributed by atoms with Gasteiger partial charge in [0.1, 0.15) is 12.6 Å². The minimum Gasteiger partial charge on any atom is -0.460 e. The number of hydrogen-bond acceptors (Lipinski definition) is 8. The highest BCUT2D eigenvalue weighted by Crippen LogP contribution is 1.97. The summed E-state index contributed by atoms with van der Waals surface area (Å²) in [6.07, 6.45) is 1.56. The maximum absolute atomic E-state index is 11.3. The Morgan fingerprint density at radius 3 is 2.22 bits per heavy atom. The molecule has 0 spiro atoms. The van der Waals surface area contributed by atoms with Gasteiger partial charge in [-0.25, -0.2) is 14.4 Å². The van der Waals surface area contributed by atoms with Gasteiger partial charge in [0.2, 0.25) is 6.79 Å².